The van der Waals surface area contributed by atoms with E-state index in [1.807, 2.05) is 0 Å². The first-order valence-corrected chi connectivity index (χ1v) is 19.7. The van der Waals surface area contributed by atoms with Crippen LogP contribution in [-0.2, 0) is 0 Å². The van der Waals surface area contributed by atoms with Crippen LogP contribution in [0.15, 0.2) is 0 Å². The van der Waals surface area contributed by atoms with Crippen molar-refractivity contribution in [3.63, 3.8) is 0 Å². The van der Waals surface area contributed by atoms with Gasteiger partial charge in [-0.1, -0.05) is 55.4 Å². The highest BCUT2D eigenvalue weighted by molar-refractivity contribution is 7.02. The maximum absolute atomic E-state index is 3.28. The maximum Gasteiger partial charge on any atom is 0.194 e. The van der Waals surface area contributed by atoms with E-state index in [0.29, 0.717) is 0 Å². The average molecular weight is 433 g/mol. The highest BCUT2D eigenvalue weighted by atomic mass is 28.5. The Labute approximate surface area is 175 Å². The molecule has 0 aromatic rings. The fourth-order valence-corrected chi connectivity index (χ4v) is 31.0. The summed E-state index contributed by atoms with van der Waals surface area (Å²) < 4.78 is 11.9. The smallest absolute Gasteiger partial charge is 0.194 e. The standard InChI is InChI=1S/C20H52N4Si3/c1-13-21(14-2)25(9,10)24(26(11,12)22(15-3)16-4)27(19-7,20-8)23(17-5)18-6/h13-20H2,1-12H3. The van der Waals surface area contributed by atoms with Crippen LogP contribution < -0.4 is 0 Å². The number of rotatable bonds is 14. The van der Waals surface area contributed by atoms with Crippen LogP contribution in [0, 0.1) is 0 Å². The molecule has 0 saturated carbocycles. The summed E-state index contributed by atoms with van der Waals surface area (Å²) >= 11 is 0. The lowest BCUT2D eigenvalue weighted by Gasteiger charge is -2.63. The third-order valence-electron chi connectivity index (χ3n) is 7.07. The lowest BCUT2D eigenvalue weighted by atomic mass is 10.7. The molecule has 0 fully saturated rings. The van der Waals surface area contributed by atoms with E-state index >= 15 is 0 Å². The molecule has 4 nitrogen and oxygen atoms in total. The van der Waals surface area contributed by atoms with Crippen molar-refractivity contribution >= 4 is 25.2 Å². The van der Waals surface area contributed by atoms with E-state index in [0.717, 1.165) is 0 Å². The predicted molar refractivity (Wildman–Crippen MR) is 132 cm³/mol. The number of hydrogen-bond acceptors (Lipinski definition) is 4. The summed E-state index contributed by atoms with van der Waals surface area (Å²) in [5, 5.41) is 0. The summed E-state index contributed by atoms with van der Waals surface area (Å²) in [7, 11) is -5.27. The van der Waals surface area contributed by atoms with Crippen LogP contribution in [-0.4, -0.2) is 82.1 Å². The van der Waals surface area contributed by atoms with E-state index < -0.39 is 25.2 Å². The molecule has 0 aliphatic heterocycles. The van der Waals surface area contributed by atoms with E-state index in [-0.39, 0.29) is 0 Å². The molecule has 7 heteroatoms. The van der Waals surface area contributed by atoms with Gasteiger partial charge in [0.15, 0.2) is 25.2 Å². The molecule has 0 amide bonds. The summed E-state index contributed by atoms with van der Waals surface area (Å²) in [6.07, 6.45) is 0. The van der Waals surface area contributed by atoms with E-state index in [1.54, 1.807) is 0 Å². The minimum absolute atomic E-state index is 1.17. The molecule has 0 unspecified atom stereocenters. The third-order valence-corrected chi connectivity index (χ3v) is 27.6. The van der Waals surface area contributed by atoms with Gasteiger partial charge in [0.2, 0.25) is 0 Å². The zero-order valence-electron chi connectivity index (χ0n) is 20.9. The molecule has 0 atom stereocenters. The molecular weight excluding hydrogens is 381 g/mol. The Morgan fingerprint density at radius 2 is 0.704 bits per heavy atom. The summed E-state index contributed by atoms with van der Waals surface area (Å²) in [5.41, 5.74) is 0. The Kier molecular flexibility index (Phi) is 11.8. The van der Waals surface area contributed by atoms with Gasteiger partial charge in [-0.2, -0.15) is 0 Å². The Morgan fingerprint density at radius 1 is 0.444 bits per heavy atom. The van der Waals surface area contributed by atoms with E-state index in [4.69, 9.17) is 0 Å². The highest BCUT2D eigenvalue weighted by Crippen LogP contribution is 2.37. The summed E-state index contributed by atoms with van der Waals surface area (Å²) in [4.78, 5) is 0. The van der Waals surface area contributed by atoms with E-state index in [1.165, 1.54) is 51.4 Å². The zero-order chi connectivity index (χ0) is 21.5. The molecular formula is C20H52N4Si3. The molecule has 0 aliphatic carbocycles. The van der Waals surface area contributed by atoms with Crippen LogP contribution in [0.25, 0.3) is 0 Å². The molecule has 0 heterocycles. The summed E-state index contributed by atoms with van der Waals surface area (Å²) in [5.74, 6) is 0. The Bertz CT molecular complexity index is 378. The van der Waals surface area contributed by atoms with Gasteiger partial charge >= 0.3 is 0 Å². The second-order valence-corrected chi connectivity index (χ2v) is 22.5. The average Bonchev–Trinajstić information content (AvgIpc) is 2.62. The predicted octanol–water partition coefficient (Wildman–Crippen LogP) is 5.20. The van der Waals surface area contributed by atoms with Crippen molar-refractivity contribution in [3.05, 3.63) is 0 Å². The van der Waals surface area contributed by atoms with E-state index in [2.05, 4.69) is 99.2 Å². The second kappa shape index (κ2) is 11.6. The Hall–Kier alpha value is 0.491. The molecule has 0 spiro atoms. The normalized spacial score (nSPS) is 14.2. The molecule has 0 radical (unpaired) electrons. The largest absolute Gasteiger partial charge is 0.332 e. The van der Waals surface area contributed by atoms with Crippen LogP contribution in [0.3, 0.4) is 0 Å². The zero-order valence-corrected chi connectivity index (χ0v) is 23.9. The van der Waals surface area contributed by atoms with Gasteiger partial charge < -0.3 is 17.6 Å². The van der Waals surface area contributed by atoms with Crippen molar-refractivity contribution in [1.29, 1.82) is 0 Å². The van der Waals surface area contributed by atoms with Crippen LogP contribution in [0.4, 0.5) is 0 Å². The number of nitrogens with zero attached hydrogens (tertiary/aromatic N) is 4. The first kappa shape index (κ1) is 27.5. The van der Waals surface area contributed by atoms with Crippen molar-refractivity contribution in [1.82, 2.24) is 17.6 Å². The summed E-state index contributed by atoms with van der Waals surface area (Å²) in [6, 6.07) is 2.67. The molecule has 0 rings (SSSR count). The molecule has 0 saturated heterocycles. The second-order valence-electron chi connectivity index (χ2n) is 8.53. The van der Waals surface area contributed by atoms with Gasteiger partial charge in [-0.05, 0) is 77.5 Å². The van der Waals surface area contributed by atoms with Crippen LogP contribution >= 0.6 is 0 Å². The van der Waals surface area contributed by atoms with Gasteiger partial charge in [0.05, 0.1) is 0 Å². The minimum Gasteiger partial charge on any atom is -0.332 e. The molecule has 0 bridgehead atoms. The molecule has 0 aromatic heterocycles. The van der Waals surface area contributed by atoms with Gasteiger partial charge in [-0.3, -0.25) is 0 Å². The van der Waals surface area contributed by atoms with Crippen molar-refractivity contribution < 1.29 is 0 Å². The van der Waals surface area contributed by atoms with Crippen LogP contribution in [0.1, 0.15) is 55.4 Å². The van der Waals surface area contributed by atoms with Crippen molar-refractivity contribution in [2.24, 2.45) is 0 Å². The number of hydrogen-bond donors (Lipinski definition) is 0. The first-order valence-electron chi connectivity index (χ1n) is 11.6. The van der Waals surface area contributed by atoms with E-state index in [9.17, 15) is 0 Å². The monoisotopic (exact) mass is 432 g/mol. The fourth-order valence-electron chi connectivity index (χ4n) is 5.93. The van der Waals surface area contributed by atoms with Crippen molar-refractivity contribution in [2.75, 3.05) is 39.3 Å². The van der Waals surface area contributed by atoms with Crippen LogP contribution in [0.2, 0.25) is 38.3 Å². The Morgan fingerprint density at radius 3 is 0.889 bits per heavy atom. The Balaban J connectivity index is 6.82. The molecule has 0 aliphatic rings. The molecule has 164 valence electrons. The minimum atomic E-state index is -1.76. The van der Waals surface area contributed by atoms with Gasteiger partial charge in [0.25, 0.3) is 0 Å². The van der Waals surface area contributed by atoms with Crippen LogP contribution in [0.5, 0.6) is 0 Å². The van der Waals surface area contributed by atoms with Gasteiger partial charge in [-0.25, -0.2) is 0 Å². The molecule has 0 N–H and O–H groups in total. The highest BCUT2D eigenvalue weighted by Gasteiger charge is 2.57. The topological polar surface area (TPSA) is 13.0 Å². The van der Waals surface area contributed by atoms with Gasteiger partial charge in [-0.15, -0.1) is 0 Å². The van der Waals surface area contributed by atoms with Gasteiger partial charge in [0.1, 0.15) is 0 Å². The molecule has 0 aromatic carbocycles. The lowest BCUT2D eigenvalue weighted by Crippen LogP contribution is -2.85. The molecule has 27 heavy (non-hydrogen) atoms. The maximum atomic E-state index is 3.28. The fraction of sp³-hybridized carbons (Fsp3) is 1.00. The SMILES string of the molecule is CCN(CC)[Si](C)(C)N([Si](C)(C)N(CC)CC)[Si](CC)(CC)N(CC)CC. The van der Waals surface area contributed by atoms with Crippen molar-refractivity contribution in [3.8, 4) is 0 Å². The lowest BCUT2D eigenvalue weighted by molar-refractivity contribution is 0.375. The first-order chi connectivity index (χ1) is 12.5. The van der Waals surface area contributed by atoms with Gasteiger partial charge in [0, 0.05) is 0 Å². The van der Waals surface area contributed by atoms with Crippen molar-refractivity contribution in [2.45, 2.75) is 93.7 Å². The summed E-state index contributed by atoms with van der Waals surface area (Å²) in [6.45, 7) is 36.8. The quantitative estimate of drug-likeness (QED) is 0.350. The third kappa shape index (κ3) is 5.35.